The van der Waals surface area contributed by atoms with Gasteiger partial charge in [0.2, 0.25) is 0 Å². The Bertz CT molecular complexity index is 403. The van der Waals surface area contributed by atoms with Gasteiger partial charge in [0.1, 0.15) is 0 Å². The number of rotatable bonds is 9. The average Bonchev–Trinajstić information content (AvgIpc) is 2.41. The Kier molecular flexibility index (Phi) is 8.73. The number of halogens is 2. The third kappa shape index (κ3) is 6.10. The van der Waals surface area contributed by atoms with Crippen molar-refractivity contribution in [2.75, 3.05) is 26.2 Å². The number of benzene rings is 1. The van der Waals surface area contributed by atoms with E-state index in [9.17, 15) is 5.11 Å². The van der Waals surface area contributed by atoms with Gasteiger partial charge < -0.3 is 15.1 Å². The Balaban J connectivity index is 2.53. The molecule has 114 valence electrons. The van der Waals surface area contributed by atoms with Crippen molar-refractivity contribution in [1.29, 1.82) is 0 Å². The van der Waals surface area contributed by atoms with Crippen molar-refractivity contribution in [3.63, 3.8) is 0 Å². The normalized spacial score (nSPS) is 12.9. The number of aliphatic hydroxyl groups excluding tert-OH is 2. The molecule has 0 aliphatic rings. The van der Waals surface area contributed by atoms with Gasteiger partial charge in [-0.25, -0.2) is 0 Å². The molecule has 0 aliphatic heterocycles. The number of unbranched alkanes of at least 4 members (excludes halogenated alkanes) is 1. The first-order valence-corrected chi connectivity index (χ1v) is 8.21. The number of nitrogens with zero attached hydrogens (tertiary/aromatic N) is 1. The fourth-order valence-corrected chi connectivity index (χ4v) is 2.89. The van der Waals surface area contributed by atoms with E-state index in [1.54, 1.807) is 6.07 Å². The lowest BCUT2D eigenvalue weighted by Gasteiger charge is -2.23. The number of hydrogen-bond acceptors (Lipinski definition) is 3. The van der Waals surface area contributed by atoms with Crippen LogP contribution in [0.1, 0.15) is 37.9 Å². The van der Waals surface area contributed by atoms with Crippen LogP contribution in [0.15, 0.2) is 22.7 Å². The second-order valence-electron chi connectivity index (χ2n) is 4.89. The van der Waals surface area contributed by atoms with Crippen molar-refractivity contribution in [2.24, 2.45) is 0 Å². The molecular weight excluding hydrogens is 342 g/mol. The maximum absolute atomic E-state index is 10.2. The minimum Gasteiger partial charge on any atom is -0.395 e. The minimum atomic E-state index is -0.571. The average molecular weight is 365 g/mol. The van der Waals surface area contributed by atoms with E-state index in [1.807, 2.05) is 12.1 Å². The van der Waals surface area contributed by atoms with Crippen LogP contribution >= 0.6 is 27.5 Å². The van der Waals surface area contributed by atoms with E-state index < -0.39 is 6.10 Å². The first kappa shape index (κ1) is 17.9. The summed E-state index contributed by atoms with van der Waals surface area (Å²) in [5, 5.41) is 19.9. The Morgan fingerprint density at radius 3 is 2.65 bits per heavy atom. The monoisotopic (exact) mass is 363 g/mol. The van der Waals surface area contributed by atoms with Crippen LogP contribution in [-0.2, 0) is 0 Å². The van der Waals surface area contributed by atoms with Gasteiger partial charge in [0.25, 0.3) is 0 Å². The summed E-state index contributed by atoms with van der Waals surface area (Å²) in [6.07, 6.45) is 2.28. The molecule has 0 aromatic heterocycles. The van der Waals surface area contributed by atoms with Crippen LogP contribution in [0.4, 0.5) is 0 Å². The summed E-state index contributed by atoms with van der Waals surface area (Å²) in [6.45, 7) is 4.67. The van der Waals surface area contributed by atoms with Crippen molar-refractivity contribution in [1.82, 2.24) is 4.90 Å². The lowest BCUT2D eigenvalue weighted by molar-refractivity contribution is 0.130. The van der Waals surface area contributed by atoms with E-state index in [2.05, 4.69) is 27.8 Å². The molecule has 5 heteroatoms. The standard InChI is InChI=1S/C15H23BrClNO2/c1-2-3-7-18(9-10-19)8-6-15(20)13-5-4-12(16)11-14(13)17/h4-5,11,15,19-20H,2-3,6-10H2,1H3. The zero-order valence-corrected chi connectivity index (χ0v) is 14.2. The summed E-state index contributed by atoms with van der Waals surface area (Å²) >= 11 is 9.50. The van der Waals surface area contributed by atoms with Crippen molar-refractivity contribution in [3.8, 4) is 0 Å². The molecule has 1 rings (SSSR count). The van der Waals surface area contributed by atoms with Gasteiger partial charge in [-0.05, 0) is 37.1 Å². The molecule has 1 aromatic rings. The molecule has 3 nitrogen and oxygen atoms in total. The van der Waals surface area contributed by atoms with Crippen LogP contribution < -0.4 is 0 Å². The third-order valence-electron chi connectivity index (χ3n) is 3.28. The van der Waals surface area contributed by atoms with Gasteiger partial charge in [-0.3, -0.25) is 0 Å². The highest BCUT2D eigenvalue weighted by Gasteiger charge is 2.13. The minimum absolute atomic E-state index is 0.152. The lowest BCUT2D eigenvalue weighted by Crippen LogP contribution is -2.30. The summed E-state index contributed by atoms with van der Waals surface area (Å²) < 4.78 is 0.906. The van der Waals surface area contributed by atoms with E-state index in [0.717, 1.165) is 36.0 Å². The smallest absolute Gasteiger partial charge is 0.0816 e. The van der Waals surface area contributed by atoms with Gasteiger partial charge in [0.15, 0.2) is 0 Å². The van der Waals surface area contributed by atoms with Gasteiger partial charge in [0, 0.05) is 22.6 Å². The van der Waals surface area contributed by atoms with Crippen LogP contribution in [0.5, 0.6) is 0 Å². The zero-order valence-electron chi connectivity index (χ0n) is 11.9. The highest BCUT2D eigenvalue weighted by atomic mass is 79.9. The zero-order chi connectivity index (χ0) is 15.0. The Morgan fingerprint density at radius 1 is 1.30 bits per heavy atom. The molecule has 0 radical (unpaired) electrons. The van der Waals surface area contributed by atoms with Crippen molar-refractivity contribution in [3.05, 3.63) is 33.3 Å². The third-order valence-corrected chi connectivity index (χ3v) is 4.10. The maximum Gasteiger partial charge on any atom is 0.0816 e. The summed E-state index contributed by atoms with van der Waals surface area (Å²) in [4.78, 5) is 2.18. The lowest BCUT2D eigenvalue weighted by atomic mass is 10.1. The summed E-state index contributed by atoms with van der Waals surface area (Å²) in [6, 6.07) is 5.52. The predicted octanol–water partition coefficient (Wildman–Crippen LogP) is 3.62. The molecular formula is C15H23BrClNO2. The molecule has 0 saturated carbocycles. The fraction of sp³-hybridized carbons (Fsp3) is 0.600. The van der Waals surface area contributed by atoms with Crippen molar-refractivity contribution >= 4 is 27.5 Å². The van der Waals surface area contributed by atoms with Gasteiger partial charge in [-0.2, -0.15) is 0 Å². The predicted molar refractivity (Wildman–Crippen MR) is 87.2 cm³/mol. The molecule has 0 fully saturated rings. The van der Waals surface area contributed by atoms with E-state index in [-0.39, 0.29) is 6.61 Å². The van der Waals surface area contributed by atoms with E-state index in [0.29, 0.717) is 18.0 Å². The molecule has 1 atom stereocenters. The van der Waals surface area contributed by atoms with E-state index >= 15 is 0 Å². The summed E-state index contributed by atoms with van der Waals surface area (Å²) in [5.74, 6) is 0. The van der Waals surface area contributed by atoms with Crippen LogP contribution in [0.25, 0.3) is 0 Å². The van der Waals surface area contributed by atoms with Gasteiger partial charge in [-0.15, -0.1) is 0 Å². The molecule has 0 aliphatic carbocycles. The first-order valence-electron chi connectivity index (χ1n) is 7.04. The largest absolute Gasteiger partial charge is 0.395 e. The highest BCUT2D eigenvalue weighted by Crippen LogP contribution is 2.28. The summed E-state index contributed by atoms with van der Waals surface area (Å²) in [5.41, 5.74) is 0.759. The van der Waals surface area contributed by atoms with Crippen molar-refractivity contribution in [2.45, 2.75) is 32.3 Å². The molecule has 2 N–H and O–H groups in total. The fourth-order valence-electron chi connectivity index (χ4n) is 2.09. The second-order valence-corrected chi connectivity index (χ2v) is 6.21. The van der Waals surface area contributed by atoms with E-state index in [4.69, 9.17) is 16.7 Å². The van der Waals surface area contributed by atoms with Crippen LogP contribution in [-0.4, -0.2) is 41.4 Å². The SMILES string of the molecule is CCCCN(CCO)CCC(O)c1ccc(Br)cc1Cl. The topological polar surface area (TPSA) is 43.7 Å². The van der Waals surface area contributed by atoms with E-state index in [1.165, 1.54) is 0 Å². The first-order chi connectivity index (χ1) is 9.58. The van der Waals surface area contributed by atoms with Crippen LogP contribution in [0.3, 0.4) is 0 Å². The van der Waals surface area contributed by atoms with Gasteiger partial charge in [0.05, 0.1) is 12.7 Å². The van der Waals surface area contributed by atoms with Gasteiger partial charge >= 0.3 is 0 Å². The Morgan fingerprint density at radius 2 is 2.05 bits per heavy atom. The quantitative estimate of drug-likeness (QED) is 0.703. The molecule has 0 heterocycles. The molecule has 0 amide bonds. The second kappa shape index (κ2) is 9.74. The Labute approximate surface area is 134 Å². The molecule has 1 aromatic carbocycles. The summed E-state index contributed by atoms with van der Waals surface area (Å²) in [7, 11) is 0. The van der Waals surface area contributed by atoms with Crippen LogP contribution in [0.2, 0.25) is 5.02 Å². The van der Waals surface area contributed by atoms with Crippen molar-refractivity contribution < 1.29 is 10.2 Å². The Hall–Kier alpha value is -0.130. The van der Waals surface area contributed by atoms with Crippen LogP contribution in [0, 0.1) is 0 Å². The van der Waals surface area contributed by atoms with Gasteiger partial charge in [-0.1, -0.05) is 46.9 Å². The number of aliphatic hydroxyl groups is 2. The molecule has 0 bridgehead atoms. The molecule has 0 spiro atoms. The molecule has 1 unspecified atom stereocenters. The number of hydrogen-bond donors (Lipinski definition) is 2. The highest BCUT2D eigenvalue weighted by molar-refractivity contribution is 9.10. The molecule has 20 heavy (non-hydrogen) atoms. The maximum atomic E-state index is 10.2. The molecule has 0 saturated heterocycles.